The lowest BCUT2D eigenvalue weighted by molar-refractivity contribution is -0.131. The molecule has 2 fully saturated rings. The van der Waals surface area contributed by atoms with Gasteiger partial charge in [0.15, 0.2) is 11.6 Å². The average Bonchev–Trinajstić information content (AvgIpc) is 3.54. The van der Waals surface area contributed by atoms with Crippen LogP contribution in [0.2, 0.25) is 0 Å². The van der Waals surface area contributed by atoms with E-state index in [4.69, 9.17) is 0 Å². The van der Waals surface area contributed by atoms with Gasteiger partial charge in [-0.1, -0.05) is 0 Å². The zero-order valence-electron chi connectivity index (χ0n) is 16.0. The van der Waals surface area contributed by atoms with Gasteiger partial charge in [0.2, 0.25) is 11.8 Å². The minimum Gasteiger partial charge on any atom is -0.372 e. The Morgan fingerprint density at radius 1 is 0.793 bits per heavy atom. The average molecular weight is 399 g/mol. The molecule has 2 N–H and O–H groups in total. The van der Waals surface area contributed by atoms with Gasteiger partial charge in [0.05, 0.1) is 0 Å². The van der Waals surface area contributed by atoms with Crippen molar-refractivity contribution in [1.82, 2.24) is 0 Å². The van der Waals surface area contributed by atoms with Crippen LogP contribution < -0.4 is 15.5 Å². The van der Waals surface area contributed by atoms with Crippen molar-refractivity contribution in [2.45, 2.75) is 32.1 Å². The molecule has 0 bridgehead atoms. The zero-order chi connectivity index (χ0) is 20.4. The molecule has 152 valence electrons. The Morgan fingerprint density at radius 2 is 1.38 bits per heavy atom. The lowest BCUT2D eigenvalue weighted by atomic mass is 10.0. The van der Waals surface area contributed by atoms with Gasteiger partial charge in [-0.05, 0) is 68.5 Å². The molecule has 2 aromatic rings. The summed E-state index contributed by atoms with van der Waals surface area (Å²) < 4.78 is 26.4. The smallest absolute Gasteiger partial charge is 0.240 e. The van der Waals surface area contributed by atoms with Gasteiger partial charge in [0.25, 0.3) is 0 Å². The minimum atomic E-state index is -1.17. The summed E-state index contributed by atoms with van der Waals surface area (Å²) in [6.45, 7) is 2.08. The van der Waals surface area contributed by atoms with Crippen LogP contribution >= 0.6 is 0 Å². The van der Waals surface area contributed by atoms with Crippen LogP contribution in [0.3, 0.4) is 0 Å². The van der Waals surface area contributed by atoms with Crippen LogP contribution in [-0.2, 0) is 9.59 Å². The summed E-state index contributed by atoms with van der Waals surface area (Å²) in [6, 6.07) is 10.7. The quantitative estimate of drug-likeness (QED) is 0.737. The van der Waals surface area contributed by atoms with Crippen molar-refractivity contribution >= 4 is 28.9 Å². The lowest BCUT2D eigenvalue weighted by Gasteiger charge is -2.28. The lowest BCUT2D eigenvalue weighted by Crippen LogP contribution is -2.35. The van der Waals surface area contributed by atoms with E-state index in [1.807, 2.05) is 24.3 Å². The fraction of sp³-hybridized carbons (Fsp3) is 0.364. The van der Waals surface area contributed by atoms with Gasteiger partial charge in [0.1, 0.15) is 5.41 Å². The number of hydrogen-bond acceptors (Lipinski definition) is 3. The van der Waals surface area contributed by atoms with Gasteiger partial charge in [-0.25, -0.2) is 8.78 Å². The van der Waals surface area contributed by atoms with Crippen molar-refractivity contribution in [1.29, 1.82) is 0 Å². The number of anilines is 3. The Labute approximate surface area is 168 Å². The second-order valence-corrected chi connectivity index (χ2v) is 7.71. The second-order valence-electron chi connectivity index (χ2n) is 7.71. The maximum Gasteiger partial charge on any atom is 0.240 e. The van der Waals surface area contributed by atoms with E-state index in [2.05, 4.69) is 15.5 Å². The molecular weight excluding hydrogens is 376 g/mol. The molecule has 5 nitrogen and oxygen atoms in total. The Balaban J connectivity index is 1.39. The van der Waals surface area contributed by atoms with Crippen molar-refractivity contribution < 1.29 is 18.4 Å². The number of benzene rings is 2. The predicted molar refractivity (Wildman–Crippen MR) is 108 cm³/mol. The van der Waals surface area contributed by atoms with Crippen LogP contribution in [-0.4, -0.2) is 24.9 Å². The second kappa shape index (κ2) is 7.81. The Bertz CT molecular complexity index is 920. The third-order valence-corrected chi connectivity index (χ3v) is 5.64. The maximum absolute atomic E-state index is 13.3. The van der Waals surface area contributed by atoms with Crippen molar-refractivity contribution in [3.63, 3.8) is 0 Å². The highest BCUT2D eigenvalue weighted by molar-refractivity contribution is 6.16. The number of halogens is 2. The largest absolute Gasteiger partial charge is 0.372 e. The summed E-state index contributed by atoms with van der Waals surface area (Å²) in [5.41, 5.74) is 0.706. The SMILES string of the molecule is O=C(Nc1ccc(N2CCCCC2)cc1)C1(C(=O)Nc2ccc(F)c(F)c2)CC1. The maximum atomic E-state index is 13.3. The van der Waals surface area contributed by atoms with E-state index < -0.39 is 23.0 Å². The highest BCUT2D eigenvalue weighted by Crippen LogP contribution is 2.47. The third kappa shape index (κ3) is 4.09. The van der Waals surface area contributed by atoms with Gasteiger partial charge in [-0.2, -0.15) is 0 Å². The molecule has 0 atom stereocenters. The number of rotatable bonds is 5. The van der Waals surface area contributed by atoms with Crippen molar-refractivity contribution in [2.75, 3.05) is 28.6 Å². The number of carbonyl (C=O) groups excluding carboxylic acids is 2. The van der Waals surface area contributed by atoms with Gasteiger partial charge in [0, 0.05) is 36.2 Å². The number of nitrogens with zero attached hydrogens (tertiary/aromatic N) is 1. The molecule has 2 aliphatic rings. The van der Waals surface area contributed by atoms with Gasteiger partial charge in [-0.15, -0.1) is 0 Å². The Kier molecular flexibility index (Phi) is 5.22. The zero-order valence-corrected chi connectivity index (χ0v) is 16.0. The van der Waals surface area contributed by atoms with Crippen LogP contribution in [0.25, 0.3) is 0 Å². The molecule has 0 spiro atoms. The molecule has 2 amide bonds. The molecule has 29 heavy (non-hydrogen) atoms. The van der Waals surface area contributed by atoms with Gasteiger partial charge >= 0.3 is 0 Å². The molecule has 7 heteroatoms. The number of amides is 2. The normalized spacial score (nSPS) is 17.5. The van der Waals surface area contributed by atoms with Crippen LogP contribution in [0.5, 0.6) is 0 Å². The summed E-state index contributed by atoms with van der Waals surface area (Å²) in [5, 5.41) is 5.33. The summed E-state index contributed by atoms with van der Waals surface area (Å²) in [6.07, 6.45) is 4.47. The molecule has 0 radical (unpaired) electrons. The van der Waals surface area contributed by atoms with Crippen molar-refractivity contribution in [2.24, 2.45) is 5.41 Å². The van der Waals surface area contributed by atoms with Crippen LogP contribution in [0, 0.1) is 17.0 Å². The molecule has 1 heterocycles. The first-order chi connectivity index (χ1) is 14.0. The number of nitrogens with one attached hydrogen (secondary N) is 2. The predicted octanol–water partition coefficient (Wildman–Crippen LogP) is 4.31. The van der Waals surface area contributed by atoms with E-state index in [-0.39, 0.29) is 11.6 Å². The molecule has 4 rings (SSSR count). The van der Waals surface area contributed by atoms with Gasteiger partial charge in [-0.3, -0.25) is 9.59 Å². The topological polar surface area (TPSA) is 61.4 Å². The highest BCUT2D eigenvalue weighted by atomic mass is 19.2. The molecule has 0 aromatic heterocycles. The molecule has 1 saturated carbocycles. The molecule has 1 saturated heterocycles. The number of piperidine rings is 1. The van der Waals surface area contributed by atoms with E-state index in [9.17, 15) is 18.4 Å². The molecule has 1 aliphatic heterocycles. The number of carbonyl (C=O) groups is 2. The first kappa shape index (κ1) is 19.4. The van der Waals surface area contributed by atoms with E-state index in [1.54, 1.807) is 0 Å². The van der Waals surface area contributed by atoms with Crippen molar-refractivity contribution in [3.05, 3.63) is 54.1 Å². The highest BCUT2D eigenvalue weighted by Gasteiger charge is 2.56. The number of hydrogen-bond donors (Lipinski definition) is 2. The first-order valence-electron chi connectivity index (χ1n) is 9.91. The summed E-state index contributed by atoms with van der Waals surface area (Å²) >= 11 is 0. The standard InChI is InChI=1S/C22H23F2N3O2/c23-18-9-6-16(14-19(18)24)26-21(29)22(10-11-22)20(28)25-15-4-7-17(8-5-15)27-12-2-1-3-13-27/h4-9,14H,1-3,10-13H2,(H,25,28)(H,26,29). The van der Waals surface area contributed by atoms with E-state index in [1.165, 1.54) is 25.3 Å². The van der Waals surface area contributed by atoms with Gasteiger partial charge < -0.3 is 15.5 Å². The minimum absolute atomic E-state index is 0.124. The van der Waals surface area contributed by atoms with Crippen LogP contribution in [0.4, 0.5) is 25.8 Å². The van der Waals surface area contributed by atoms with E-state index in [0.29, 0.717) is 18.5 Å². The fourth-order valence-corrected chi connectivity index (χ4v) is 3.67. The van der Waals surface area contributed by atoms with Crippen LogP contribution in [0.1, 0.15) is 32.1 Å². The first-order valence-corrected chi connectivity index (χ1v) is 9.91. The Hall–Kier alpha value is -2.96. The molecule has 1 aliphatic carbocycles. The molecule has 2 aromatic carbocycles. The summed E-state index contributed by atoms with van der Waals surface area (Å²) in [5.74, 6) is -2.94. The van der Waals surface area contributed by atoms with Crippen molar-refractivity contribution in [3.8, 4) is 0 Å². The van der Waals surface area contributed by atoms with E-state index in [0.717, 1.165) is 30.9 Å². The fourth-order valence-electron chi connectivity index (χ4n) is 3.67. The monoisotopic (exact) mass is 399 g/mol. The Morgan fingerprint density at radius 3 is 1.97 bits per heavy atom. The van der Waals surface area contributed by atoms with E-state index >= 15 is 0 Å². The summed E-state index contributed by atoms with van der Waals surface area (Å²) in [7, 11) is 0. The molecular formula is C22H23F2N3O2. The van der Waals surface area contributed by atoms with Crippen LogP contribution in [0.15, 0.2) is 42.5 Å². The third-order valence-electron chi connectivity index (χ3n) is 5.64. The molecule has 0 unspecified atom stereocenters. The summed E-state index contributed by atoms with van der Waals surface area (Å²) in [4.78, 5) is 27.6.